The third kappa shape index (κ3) is 6.49. The summed E-state index contributed by atoms with van der Waals surface area (Å²) in [7, 11) is 6.19. The molecule has 158 valence electrons. The fourth-order valence-corrected chi connectivity index (χ4v) is 2.73. The van der Waals surface area contributed by atoms with Gasteiger partial charge in [-0.15, -0.1) is 0 Å². The molecule has 2 rings (SSSR count). The van der Waals surface area contributed by atoms with E-state index in [-0.39, 0.29) is 24.0 Å². The topological polar surface area (TPSA) is 69.3 Å². The molecule has 0 atom stereocenters. The number of amides is 1. The van der Waals surface area contributed by atoms with Crippen LogP contribution in [0, 0.1) is 0 Å². The minimum atomic E-state index is -2.93. The van der Waals surface area contributed by atoms with Crippen LogP contribution in [-0.2, 0) is 11.3 Å². The molecule has 1 amide bonds. The second-order valence-corrected chi connectivity index (χ2v) is 6.15. The third-order valence-electron chi connectivity index (χ3n) is 3.98. The Morgan fingerprint density at radius 1 is 0.966 bits per heavy atom. The first-order chi connectivity index (χ1) is 13.9. The summed E-state index contributed by atoms with van der Waals surface area (Å²) in [6, 6.07) is 9.74. The number of carbonyl (C=O) groups is 1. The number of methoxy groups -OCH3 is 3. The lowest BCUT2D eigenvalue weighted by atomic mass is 10.2. The quantitative estimate of drug-likeness (QED) is 0.648. The molecular formula is C20H24F2N2O5. The molecule has 0 heterocycles. The summed E-state index contributed by atoms with van der Waals surface area (Å²) in [6.45, 7) is -2.41. The normalized spacial score (nSPS) is 10.8. The lowest BCUT2D eigenvalue weighted by Crippen LogP contribution is -2.29. The van der Waals surface area contributed by atoms with E-state index < -0.39 is 6.61 Å². The largest absolute Gasteiger partial charge is 0.493 e. The Labute approximate surface area is 168 Å². The van der Waals surface area contributed by atoms with Crippen molar-refractivity contribution in [1.82, 2.24) is 4.90 Å². The van der Waals surface area contributed by atoms with Crippen molar-refractivity contribution in [3.63, 3.8) is 0 Å². The van der Waals surface area contributed by atoms with Crippen LogP contribution in [0.5, 0.6) is 23.0 Å². The fraction of sp³-hybridized carbons (Fsp3) is 0.350. The number of ether oxygens (including phenoxy) is 4. The van der Waals surface area contributed by atoms with Gasteiger partial charge >= 0.3 is 6.61 Å². The lowest BCUT2D eigenvalue weighted by molar-refractivity contribution is -0.117. The molecule has 0 spiro atoms. The molecule has 0 saturated heterocycles. The molecule has 2 aromatic rings. The van der Waals surface area contributed by atoms with Crippen molar-refractivity contribution in [1.29, 1.82) is 0 Å². The van der Waals surface area contributed by atoms with Crippen LogP contribution >= 0.6 is 0 Å². The number of benzene rings is 2. The van der Waals surface area contributed by atoms with Gasteiger partial charge in [0.05, 0.1) is 27.9 Å². The number of hydrogen-bond donors (Lipinski definition) is 1. The minimum absolute atomic E-state index is 0.0416. The van der Waals surface area contributed by atoms with Gasteiger partial charge in [-0.3, -0.25) is 9.69 Å². The van der Waals surface area contributed by atoms with Crippen molar-refractivity contribution in [2.45, 2.75) is 13.2 Å². The maximum atomic E-state index is 12.4. The highest BCUT2D eigenvalue weighted by atomic mass is 19.3. The second kappa shape index (κ2) is 10.5. The van der Waals surface area contributed by atoms with Crippen LogP contribution in [0.15, 0.2) is 36.4 Å². The molecule has 1 N–H and O–H groups in total. The van der Waals surface area contributed by atoms with Gasteiger partial charge in [0.1, 0.15) is 0 Å². The standard InChI is InChI=1S/C20H24F2N2O5/c1-24(11-13-5-7-16(29-20(21)22)17(9-13)27-3)12-19(25)23-14-6-8-15(26-2)18(10-14)28-4/h5-10,20H,11-12H2,1-4H3,(H,23,25). The molecule has 0 aliphatic carbocycles. The summed E-state index contributed by atoms with van der Waals surface area (Å²) in [6.07, 6.45) is 0. The number of rotatable bonds is 10. The number of likely N-dealkylation sites (N-methyl/N-ethyl adjacent to an activating group) is 1. The maximum absolute atomic E-state index is 12.4. The Morgan fingerprint density at radius 2 is 1.59 bits per heavy atom. The van der Waals surface area contributed by atoms with E-state index in [0.29, 0.717) is 23.7 Å². The molecule has 0 aromatic heterocycles. The minimum Gasteiger partial charge on any atom is -0.493 e. The molecule has 7 nitrogen and oxygen atoms in total. The Kier molecular flexibility index (Phi) is 8.02. The fourth-order valence-electron chi connectivity index (χ4n) is 2.73. The van der Waals surface area contributed by atoms with Crippen LogP contribution in [0.3, 0.4) is 0 Å². The number of carbonyl (C=O) groups excluding carboxylic acids is 1. The smallest absolute Gasteiger partial charge is 0.387 e. The van der Waals surface area contributed by atoms with Crippen molar-refractivity contribution in [2.24, 2.45) is 0 Å². The van der Waals surface area contributed by atoms with E-state index in [1.807, 2.05) is 0 Å². The van der Waals surface area contributed by atoms with E-state index in [2.05, 4.69) is 10.1 Å². The third-order valence-corrected chi connectivity index (χ3v) is 3.98. The Morgan fingerprint density at radius 3 is 2.21 bits per heavy atom. The van der Waals surface area contributed by atoms with E-state index in [1.165, 1.54) is 27.4 Å². The molecule has 0 bridgehead atoms. The molecule has 0 fully saturated rings. The molecule has 9 heteroatoms. The van der Waals surface area contributed by atoms with E-state index in [0.717, 1.165) is 5.56 Å². The van der Waals surface area contributed by atoms with Crippen molar-refractivity contribution in [2.75, 3.05) is 40.2 Å². The summed E-state index contributed by atoms with van der Waals surface area (Å²) in [5, 5.41) is 2.79. The summed E-state index contributed by atoms with van der Waals surface area (Å²) < 4.78 is 44.7. The molecular weight excluding hydrogens is 386 g/mol. The van der Waals surface area contributed by atoms with Gasteiger partial charge in [-0.1, -0.05) is 6.07 Å². The average molecular weight is 410 g/mol. The van der Waals surface area contributed by atoms with E-state index in [1.54, 1.807) is 42.3 Å². The van der Waals surface area contributed by atoms with Gasteiger partial charge < -0.3 is 24.3 Å². The average Bonchev–Trinajstić information content (AvgIpc) is 2.68. The van der Waals surface area contributed by atoms with Crippen LogP contribution in [-0.4, -0.2) is 52.3 Å². The van der Waals surface area contributed by atoms with Crippen molar-refractivity contribution >= 4 is 11.6 Å². The zero-order chi connectivity index (χ0) is 21.4. The molecule has 0 aliphatic heterocycles. The van der Waals surface area contributed by atoms with Crippen molar-refractivity contribution < 1.29 is 32.5 Å². The van der Waals surface area contributed by atoms with Crippen molar-refractivity contribution in [3.8, 4) is 23.0 Å². The highest BCUT2D eigenvalue weighted by molar-refractivity contribution is 5.92. The van der Waals surface area contributed by atoms with Gasteiger partial charge in [-0.05, 0) is 36.9 Å². The number of anilines is 1. The Bertz CT molecular complexity index is 833. The van der Waals surface area contributed by atoms with Gasteiger partial charge in [0.15, 0.2) is 23.0 Å². The zero-order valence-electron chi connectivity index (χ0n) is 16.7. The molecule has 0 radical (unpaired) electrons. The Balaban J connectivity index is 1.96. The van der Waals surface area contributed by atoms with Crippen LogP contribution in [0.4, 0.5) is 14.5 Å². The SMILES string of the molecule is COc1ccc(NC(=O)CN(C)Cc2ccc(OC(F)F)c(OC)c2)cc1OC. The van der Waals surface area contributed by atoms with E-state index >= 15 is 0 Å². The number of nitrogens with one attached hydrogen (secondary N) is 1. The molecule has 0 aliphatic rings. The molecule has 0 saturated carbocycles. The number of nitrogens with zero attached hydrogens (tertiary/aromatic N) is 1. The summed E-state index contributed by atoms with van der Waals surface area (Å²) in [4.78, 5) is 14.1. The number of alkyl halides is 2. The number of hydrogen-bond acceptors (Lipinski definition) is 6. The monoisotopic (exact) mass is 410 g/mol. The maximum Gasteiger partial charge on any atom is 0.387 e. The molecule has 2 aromatic carbocycles. The first-order valence-electron chi connectivity index (χ1n) is 8.68. The summed E-state index contributed by atoms with van der Waals surface area (Å²) in [5.41, 5.74) is 1.36. The van der Waals surface area contributed by atoms with Crippen molar-refractivity contribution in [3.05, 3.63) is 42.0 Å². The van der Waals surface area contributed by atoms with E-state index in [4.69, 9.17) is 14.2 Å². The first kappa shape index (κ1) is 22.2. The van der Waals surface area contributed by atoms with E-state index in [9.17, 15) is 13.6 Å². The zero-order valence-corrected chi connectivity index (χ0v) is 16.7. The molecule has 29 heavy (non-hydrogen) atoms. The first-order valence-corrected chi connectivity index (χ1v) is 8.68. The van der Waals surface area contributed by atoms with Gasteiger partial charge in [0.2, 0.25) is 5.91 Å². The lowest BCUT2D eigenvalue weighted by Gasteiger charge is -2.18. The van der Waals surface area contributed by atoms with Gasteiger partial charge in [-0.25, -0.2) is 0 Å². The number of halogens is 2. The van der Waals surface area contributed by atoms with Crippen LogP contribution in [0.1, 0.15) is 5.56 Å². The highest BCUT2D eigenvalue weighted by Crippen LogP contribution is 2.30. The highest BCUT2D eigenvalue weighted by Gasteiger charge is 2.13. The predicted molar refractivity (Wildman–Crippen MR) is 104 cm³/mol. The Hall–Kier alpha value is -3.07. The van der Waals surface area contributed by atoms with Crippen LogP contribution in [0.2, 0.25) is 0 Å². The summed E-state index contributed by atoms with van der Waals surface area (Å²) >= 11 is 0. The van der Waals surface area contributed by atoms with Gasteiger partial charge in [0, 0.05) is 18.3 Å². The van der Waals surface area contributed by atoms with Crippen LogP contribution < -0.4 is 24.3 Å². The predicted octanol–water partition coefficient (Wildman–Crippen LogP) is 3.38. The summed E-state index contributed by atoms with van der Waals surface area (Å²) in [5.74, 6) is 1.02. The van der Waals surface area contributed by atoms with Gasteiger partial charge in [0.25, 0.3) is 0 Å². The van der Waals surface area contributed by atoms with Gasteiger partial charge in [-0.2, -0.15) is 8.78 Å². The molecule has 0 unspecified atom stereocenters. The second-order valence-electron chi connectivity index (χ2n) is 6.15. The van der Waals surface area contributed by atoms with Crippen LogP contribution in [0.25, 0.3) is 0 Å².